The van der Waals surface area contributed by atoms with E-state index in [4.69, 9.17) is 4.74 Å². The molecule has 0 spiro atoms. The zero-order valence-corrected chi connectivity index (χ0v) is 24.2. The first-order chi connectivity index (χ1) is 19.5. The number of halogens is 1. The average Bonchev–Trinajstić information content (AvgIpc) is 3.35. The minimum absolute atomic E-state index is 0.0552. The van der Waals surface area contributed by atoms with Gasteiger partial charge in [-0.3, -0.25) is 19.8 Å². The third kappa shape index (κ3) is 5.91. The maximum atomic E-state index is 16.0. The zero-order chi connectivity index (χ0) is 29.5. The summed E-state index contributed by atoms with van der Waals surface area (Å²) in [5.41, 5.74) is 1.90. The van der Waals surface area contributed by atoms with E-state index in [2.05, 4.69) is 39.5 Å². The highest BCUT2D eigenvalue weighted by atomic mass is 19.1. The fraction of sp³-hybridized carbons (Fsp3) is 0.387. The van der Waals surface area contributed by atoms with Crippen LogP contribution < -0.4 is 10.6 Å². The largest absolute Gasteiger partial charge is 0.444 e. The Morgan fingerprint density at radius 3 is 2.61 bits per heavy atom. The number of rotatable bonds is 7. The number of ether oxygens (including phenoxy) is 1. The lowest BCUT2D eigenvalue weighted by atomic mass is 9.98. The van der Waals surface area contributed by atoms with Gasteiger partial charge in [-0.25, -0.2) is 14.2 Å². The van der Waals surface area contributed by atoms with E-state index in [9.17, 15) is 9.59 Å². The number of anilines is 2. The van der Waals surface area contributed by atoms with E-state index in [0.29, 0.717) is 22.2 Å². The molecular weight excluding hydrogens is 523 g/mol. The minimum Gasteiger partial charge on any atom is -0.444 e. The van der Waals surface area contributed by atoms with Gasteiger partial charge in [0, 0.05) is 59.7 Å². The summed E-state index contributed by atoms with van der Waals surface area (Å²) >= 11 is 0. The molecule has 5 rings (SSSR count). The summed E-state index contributed by atoms with van der Waals surface area (Å²) in [5.74, 6) is -0.344. The fourth-order valence-electron chi connectivity index (χ4n) is 5.30. The third-order valence-corrected chi connectivity index (χ3v) is 7.34. The van der Waals surface area contributed by atoms with Crippen LogP contribution in [0.3, 0.4) is 0 Å². The molecular formula is C31H35FN6O3. The van der Waals surface area contributed by atoms with Gasteiger partial charge in [0.1, 0.15) is 11.4 Å². The zero-order valence-electron chi connectivity index (χ0n) is 24.2. The number of nitrogens with one attached hydrogen (secondary N) is 2. The standard InChI is InChI=1S/C31H35FN6O3/c1-7-10-38-16-20(13-35-38)25-18(3)26(25)29(39)36-24-12-19-11-21(22-14-33-9-8-17(22)2)27(32)28(23(19)15-34-24)37-30(40)41-31(4,5)6/h8-9,11-16,18,25-26H,7,10H2,1-6H3,(H,37,40)(H,34,36,39)/t18?,25-,26+/m1/s1. The molecule has 1 aromatic carbocycles. The molecule has 214 valence electrons. The van der Waals surface area contributed by atoms with Crippen molar-refractivity contribution >= 4 is 34.3 Å². The van der Waals surface area contributed by atoms with Crippen molar-refractivity contribution in [2.24, 2.45) is 11.8 Å². The molecule has 9 nitrogen and oxygen atoms in total. The lowest BCUT2D eigenvalue weighted by Gasteiger charge is -2.21. The number of carbonyl (C=O) groups excluding carboxylic acids is 2. The van der Waals surface area contributed by atoms with E-state index in [1.54, 1.807) is 51.4 Å². The Morgan fingerprint density at radius 2 is 1.90 bits per heavy atom. The lowest BCUT2D eigenvalue weighted by Crippen LogP contribution is -2.27. The number of aromatic nitrogens is 4. The van der Waals surface area contributed by atoms with Gasteiger partial charge < -0.3 is 10.1 Å². The van der Waals surface area contributed by atoms with E-state index >= 15 is 4.39 Å². The summed E-state index contributed by atoms with van der Waals surface area (Å²) in [4.78, 5) is 34.5. The fourth-order valence-corrected chi connectivity index (χ4v) is 5.30. The number of pyridine rings is 2. The number of aryl methyl sites for hydroxylation is 2. The number of benzene rings is 1. The number of amides is 2. The average molecular weight is 559 g/mol. The second-order valence-electron chi connectivity index (χ2n) is 11.7. The Hall–Kier alpha value is -4.34. The Kier molecular flexibility index (Phi) is 7.50. The topological polar surface area (TPSA) is 111 Å². The van der Waals surface area contributed by atoms with Crippen LogP contribution in [0.15, 0.2) is 49.2 Å². The number of nitrogens with zero attached hydrogens (tertiary/aromatic N) is 4. The Morgan fingerprint density at radius 1 is 1.12 bits per heavy atom. The predicted molar refractivity (Wildman–Crippen MR) is 156 cm³/mol. The Labute approximate surface area is 238 Å². The predicted octanol–water partition coefficient (Wildman–Crippen LogP) is 6.69. The maximum Gasteiger partial charge on any atom is 0.412 e. The van der Waals surface area contributed by atoms with Gasteiger partial charge in [0.2, 0.25) is 5.91 Å². The molecule has 0 aliphatic heterocycles. The van der Waals surface area contributed by atoms with Gasteiger partial charge in [-0.15, -0.1) is 0 Å². The number of fused-ring (bicyclic) bond motifs is 1. The molecule has 0 saturated heterocycles. The van der Waals surface area contributed by atoms with Gasteiger partial charge in [0.25, 0.3) is 0 Å². The molecule has 3 heterocycles. The first-order valence-corrected chi connectivity index (χ1v) is 13.8. The van der Waals surface area contributed by atoms with Crippen LogP contribution in [0.1, 0.15) is 58.1 Å². The van der Waals surface area contributed by atoms with Crippen molar-refractivity contribution in [1.82, 2.24) is 19.7 Å². The third-order valence-electron chi connectivity index (χ3n) is 7.34. The van der Waals surface area contributed by atoms with Crippen molar-refractivity contribution in [1.29, 1.82) is 0 Å². The summed E-state index contributed by atoms with van der Waals surface area (Å²) < 4.78 is 23.3. The van der Waals surface area contributed by atoms with Gasteiger partial charge in [0.05, 0.1) is 11.9 Å². The summed E-state index contributed by atoms with van der Waals surface area (Å²) in [7, 11) is 0. The quantitative estimate of drug-likeness (QED) is 0.262. The molecule has 1 unspecified atom stereocenters. The Bertz CT molecular complexity index is 1630. The molecule has 41 heavy (non-hydrogen) atoms. The molecule has 10 heteroatoms. The van der Waals surface area contributed by atoms with E-state index < -0.39 is 17.5 Å². The smallest absolute Gasteiger partial charge is 0.412 e. The van der Waals surface area contributed by atoms with Crippen LogP contribution in [-0.4, -0.2) is 37.3 Å². The SMILES string of the molecule is CCCn1cc([C@H]2C(C)[C@@H]2C(=O)Nc2cc3cc(-c4cnccc4C)c(F)c(NC(=O)OC(C)(C)C)c3cn2)cn1. The molecule has 0 radical (unpaired) electrons. The van der Waals surface area contributed by atoms with Crippen molar-refractivity contribution in [3.05, 3.63) is 66.1 Å². The van der Waals surface area contributed by atoms with E-state index in [0.717, 1.165) is 24.1 Å². The molecule has 1 aliphatic rings. The van der Waals surface area contributed by atoms with E-state index in [1.807, 2.05) is 24.0 Å². The van der Waals surface area contributed by atoms with E-state index in [1.165, 1.54) is 6.20 Å². The van der Waals surface area contributed by atoms with Crippen LogP contribution in [0.4, 0.5) is 20.7 Å². The molecule has 1 fully saturated rings. The van der Waals surface area contributed by atoms with Crippen LogP contribution in [-0.2, 0) is 16.1 Å². The van der Waals surface area contributed by atoms with Crippen molar-refractivity contribution in [3.63, 3.8) is 0 Å². The van der Waals surface area contributed by atoms with Crippen LogP contribution in [0.2, 0.25) is 0 Å². The minimum atomic E-state index is -0.786. The maximum absolute atomic E-state index is 16.0. The number of hydrogen-bond acceptors (Lipinski definition) is 6. The second kappa shape index (κ2) is 10.9. The molecule has 3 aromatic heterocycles. The summed E-state index contributed by atoms with van der Waals surface area (Å²) in [6.45, 7) is 12.0. The number of hydrogen-bond donors (Lipinski definition) is 2. The van der Waals surface area contributed by atoms with Crippen molar-refractivity contribution in [2.75, 3.05) is 10.6 Å². The van der Waals surface area contributed by atoms with Crippen molar-refractivity contribution < 1.29 is 18.7 Å². The van der Waals surface area contributed by atoms with Gasteiger partial charge >= 0.3 is 6.09 Å². The highest BCUT2D eigenvalue weighted by Gasteiger charge is 2.53. The summed E-state index contributed by atoms with van der Waals surface area (Å²) in [5, 5.41) is 10.9. The van der Waals surface area contributed by atoms with Crippen LogP contribution in [0.5, 0.6) is 0 Å². The van der Waals surface area contributed by atoms with Crippen LogP contribution >= 0.6 is 0 Å². The first-order valence-electron chi connectivity index (χ1n) is 13.8. The van der Waals surface area contributed by atoms with Gasteiger partial charge in [0.15, 0.2) is 5.82 Å². The molecule has 1 aliphatic carbocycles. The normalized spacial score (nSPS) is 18.3. The van der Waals surface area contributed by atoms with Crippen LogP contribution in [0, 0.1) is 24.6 Å². The van der Waals surface area contributed by atoms with E-state index in [-0.39, 0.29) is 34.9 Å². The monoisotopic (exact) mass is 558 g/mol. The van der Waals surface area contributed by atoms with Gasteiger partial charge in [-0.2, -0.15) is 5.10 Å². The second-order valence-corrected chi connectivity index (χ2v) is 11.7. The van der Waals surface area contributed by atoms with Gasteiger partial charge in [-0.1, -0.05) is 13.8 Å². The van der Waals surface area contributed by atoms with Crippen molar-refractivity contribution in [2.45, 2.75) is 66.0 Å². The van der Waals surface area contributed by atoms with Crippen molar-refractivity contribution in [3.8, 4) is 11.1 Å². The number of carbonyl (C=O) groups is 2. The highest BCUT2D eigenvalue weighted by molar-refractivity contribution is 6.05. The molecule has 1 saturated carbocycles. The van der Waals surface area contributed by atoms with Crippen LogP contribution in [0.25, 0.3) is 21.9 Å². The molecule has 4 aromatic rings. The summed E-state index contributed by atoms with van der Waals surface area (Å²) in [6.07, 6.45) is 8.72. The first kappa shape index (κ1) is 28.2. The molecule has 2 N–H and O–H groups in total. The molecule has 2 amide bonds. The summed E-state index contributed by atoms with van der Waals surface area (Å²) in [6, 6.07) is 5.15. The Balaban J connectivity index is 1.46. The van der Waals surface area contributed by atoms with Gasteiger partial charge in [-0.05, 0) is 74.7 Å². The lowest BCUT2D eigenvalue weighted by molar-refractivity contribution is -0.117. The highest BCUT2D eigenvalue weighted by Crippen LogP contribution is 2.54. The molecule has 3 atom stereocenters. The molecule has 0 bridgehead atoms.